The zero-order valence-corrected chi connectivity index (χ0v) is 21.1. The molecule has 0 aromatic heterocycles. The van der Waals surface area contributed by atoms with Crippen molar-refractivity contribution >= 4 is 12.1 Å². The van der Waals surface area contributed by atoms with Crippen LogP contribution in [0.2, 0.25) is 0 Å². The second-order valence-electron chi connectivity index (χ2n) is 10.8. The summed E-state index contributed by atoms with van der Waals surface area (Å²) in [5.41, 5.74) is -0.445. The van der Waals surface area contributed by atoms with E-state index in [2.05, 4.69) is 22.0 Å². The molecule has 0 atom stereocenters. The SMILES string of the molecule is CCNC(=NCCCCN1CCCC1)N1CCC(N(CC2CC2)C(=O)OC(C)(C)C)CC1. The Balaban J connectivity index is 1.47. The molecule has 0 unspecified atom stereocenters. The topological polar surface area (TPSA) is 60.4 Å². The second kappa shape index (κ2) is 12.1. The summed E-state index contributed by atoms with van der Waals surface area (Å²) in [7, 11) is 0. The summed E-state index contributed by atoms with van der Waals surface area (Å²) in [5, 5.41) is 3.48. The van der Waals surface area contributed by atoms with Crippen LogP contribution in [0.4, 0.5) is 4.79 Å². The van der Waals surface area contributed by atoms with Gasteiger partial charge in [-0.1, -0.05) is 0 Å². The van der Waals surface area contributed by atoms with Crippen LogP contribution in [0.15, 0.2) is 4.99 Å². The number of amides is 1. The Bertz CT molecular complexity index is 600. The molecule has 7 heteroatoms. The molecule has 0 aromatic carbocycles. The Labute approximate surface area is 195 Å². The number of carbonyl (C=O) groups is 1. The molecule has 7 nitrogen and oxygen atoms in total. The molecule has 2 heterocycles. The van der Waals surface area contributed by atoms with Crippen molar-refractivity contribution < 1.29 is 9.53 Å². The van der Waals surface area contributed by atoms with E-state index < -0.39 is 5.60 Å². The van der Waals surface area contributed by atoms with Gasteiger partial charge in [0.1, 0.15) is 5.60 Å². The van der Waals surface area contributed by atoms with E-state index in [1.54, 1.807) is 0 Å². The van der Waals surface area contributed by atoms with E-state index in [1.165, 1.54) is 51.7 Å². The molecule has 3 aliphatic rings. The van der Waals surface area contributed by atoms with Crippen molar-refractivity contribution in [3.63, 3.8) is 0 Å². The smallest absolute Gasteiger partial charge is 0.410 e. The van der Waals surface area contributed by atoms with Crippen molar-refractivity contribution in [1.29, 1.82) is 0 Å². The number of ether oxygens (including phenoxy) is 1. The van der Waals surface area contributed by atoms with Gasteiger partial charge in [-0.15, -0.1) is 0 Å². The van der Waals surface area contributed by atoms with Crippen molar-refractivity contribution in [2.24, 2.45) is 10.9 Å². The van der Waals surface area contributed by atoms with E-state index in [1.807, 2.05) is 25.7 Å². The number of piperidine rings is 1. The standard InChI is InChI=1S/C25H47N5O2/c1-5-26-23(27-14-6-7-15-28-16-8-9-17-28)29-18-12-22(13-19-29)30(20-21-10-11-21)24(31)32-25(2,3)4/h21-22H,5-20H2,1-4H3,(H,26,27). The monoisotopic (exact) mass is 449 g/mol. The molecule has 1 amide bonds. The molecule has 2 aliphatic heterocycles. The van der Waals surface area contributed by atoms with Crippen molar-refractivity contribution in [3.8, 4) is 0 Å². The molecular formula is C25H47N5O2. The van der Waals surface area contributed by atoms with Crippen molar-refractivity contribution in [2.45, 2.75) is 90.7 Å². The van der Waals surface area contributed by atoms with Gasteiger partial charge in [-0.05, 0) is 105 Å². The fraction of sp³-hybridized carbons (Fsp3) is 0.920. The number of unbranched alkanes of at least 4 members (excludes halogenated alkanes) is 1. The minimum absolute atomic E-state index is 0.138. The lowest BCUT2D eigenvalue weighted by atomic mass is 10.0. The molecule has 3 fully saturated rings. The van der Waals surface area contributed by atoms with Gasteiger partial charge in [0, 0.05) is 38.8 Å². The molecule has 32 heavy (non-hydrogen) atoms. The highest BCUT2D eigenvalue weighted by molar-refractivity contribution is 5.80. The summed E-state index contributed by atoms with van der Waals surface area (Å²) in [6.45, 7) is 16.3. The molecule has 2 saturated heterocycles. The number of nitrogens with zero attached hydrogens (tertiary/aromatic N) is 4. The highest BCUT2D eigenvalue weighted by Crippen LogP contribution is 2.32. The predicted molar refractivity (Wildman–Crippen MR) is 131 cm³/mol. The molecule has 1 N–H and O–H groups in total. The third-order valence-electron chi connectivity index (χ3n) is 6.66. The van der Waals surface area contributed by atoms with Gasteiger partial charge < -0.3 is 24.8 Å². The largest absolute Gasteiger partial charge is 0.444 e. The fourth-order valence-electron chi connectivity index (χ4n) is 4.73. The van der Waals surface area contributed by atoms with Gasteiger partial charge in [0.05, 0.1) is 0 Å². The maximum Gasteiger partial charge on any atom is 0.410 e. The highest BCUT2D eigenvalue weighted by atomic mass is 16.6. The summed E-state index contributed by atoms with van der Waals surface area (Å²) in [4.78, 5) is 24.8. The van der Waals surface area contributed by atoms with E-state index in [9.17, 15) is 4.79 Å². The number of carbonyl (C=O) groups excluding carboxylic acids is 1. The summed E-state index contributed by atoms with van der Waals surface area (Å²) in [6, 6.07) is 0.269. The Hall–Kier alpha value is -1.50. The lowest BCUT2D eigenvalue weighted by molar-refractivity contribution is 0.00928. The van der Waals surface area contributed by atoms with Gasteiger partial charge in [0.2, 0.25) is 0 Å². The van der Waals surface area contributed by atoms with Crippen LogP contribution < -0.4 is 5.32 Å². The molecule has 184 valence electrons. The third kappa shape index (κ3) is 8.45. The molecule has 1 saturated carbocycles. The predicted octanol–water partition coefficient (Wildman–Crippen LogP) is 3.94. The first-order valence-corrected chi connectivity index (χ1v) is 13.1. The van der Waals surface area contributed by atoms with E-state index in [0.717, 1.165) is 57.9 Å². The molecule has 3 rings (SSSR count). The van der Waals surface area contributed by atoms with E-state index in [0.29, 0.717) is 5.92 Å². The maximum absolute atomic E-state index is 12.9. The van der Waals surface area contributed by atoms with Crippen LogP contribution in [0.3, 0.4) is 0 Å². The molecule has 0 radical (unpaired) electrons. The molecule has 0 bridgehead atoms. The van der Waals surface area contributed by atoms with Crippen LogP contribution in [-0.2, 0) is 4.74 Å². The van der Waals surface area contributed by atoms with Gasteiger partial charge >= 0.3 is 6.09 Å². The van der Waals surface area contributed by atoms with E-state index >= 15 is 0 Å². The Morgan fingerprint density at radius 1 is 1.06 bits per heavy atom. The lowest BCUT2D eigenvalue weighted by Gasteiger charge is -2.40. The Kier molecular flexibility index (Phi) is 9.50. The van der Waals surface area contributed by atoms with Gasteiger partial charge in [-0.3, -0.25) is 4.99 Å². The first kappa shape index (κ1) is 25.1. The highest BCUT2D eigenvalue weighted by Gasteiger charge is 2.35. The zero-order valence-electron chi connectivity index (χ0n) is 21.1. The van der Waals surface area contributed by atoms with Crippen LogP contribution in [0.1, 0.15) is 79.1 Å². The summed E-state index contributed by atoms with van der Waals surface area (Å²) in [6.07, 6.45) is 9.42. The van der Waals surface area contributed by atoms with Crippen molar-refractivity contribution in [1.82, 2.24) is 20.0 Å². The fourth-order valence-corrected chi connectivity index (χ4v) is 4.73. The van der Waals surface area contributed by atoms with E-state index in [4.69, 9.17) is 9.73 Å². The van der Waals surface area contributed by atoms with Crippen LogP contribution in [0.5, 0.6) is 0 Å². The molecule has 0 spiro atoms. The number of hydrogen-bond acceptors (Lipinski definition) is 4. The summed E-state index contributed by atoms with van der Waals surface area (Å²) < 4.78 is 5.74. The van der Waals surface area contributed by atoms with Crippen LogP contribution in [0, 0.1) is 5.92 Å². The maximum atomic E-state index is 12.9. The van der Waals surface area contributed by atoms with Crippen molar-refractivity contribution in [2.75, 3.05) is 52.4 Å². The number of aliphatic imine (C=N–C) groups is 1. The van der Waals surface area contributed by atoms with Gasteiger partial charge in [-0.25, -0.2) is 4.79 Å². The number of nitrogens with one attached hydrogen (secondary N) is 1. The Morgan fingerprint density at radius 2 is 1.75 bits per heavy atom. The lowest BCUT2D eigenvalue weighted by Crippen LogP contribution is -2.52. The first-order valence-electron chi connectivity index (χ1n) is 13.1. The average Bonchev–Trinajstić information content (AvgIpc) is 3.42. The van der Waals surface area contributed by atoms with Crippen molar-refractivity contribution in [3.05, 3.63) is 0 Å². The number of likely N-dealkylation sites (tertiary alicyclic amines) is 2. The number of guanidine groups is 1. The van der Waals surface area contributed by atoms with Crippen LogP contribution in [-0.4, -0.2) is 90.8 Å². The summed E-state index contributed by atoms with van der Waals surface area (Å²) >= 11 is 0. The van der Waals surface area contributed by atoms with Gasteiger partial charge in [-0.2, -0.15) is 0 Å². The Morgan fingerprint density at radius 3 is 2.34 bits per heavy atom. The molecular weight excluding hydrogens is 402 g/mol. The van der Waals surface area contributed by atoms with Crippen LogP contribution in [0.25, 0.3) is 0 Å². The minimum Gasteiger partial charge on any atom is -0.444 e. The molecule has 0 aromatic rings. The zero-order chi connectivity index (χ0) is 23.0. The van der Waals surface area contributed by atoms with Crippen LogP contribution >= 0.6 is 0 Å². The normalized spacial score (nSPS) is 21.1. The molecule has 1 aliphatic carbocycles. The third-order valence-corrected chi connectivity index (χ3v) is 6.66. The van der Waals surface area contributed by atoms with Gasteiger partial charge in [0.25, 0.3) is 0 Å². The number of hydrogen-bond donors (Lipinski definition) is 1. The number of rotatable bonds is 9. The minimum atomic E-state index is -0.445. The summed E-state index contributed by atoms with van der Waals surface area (Å²) in [5.74, 6) is 1.71. The van der Waals surface area contributed by atoms with E-state index in [-0.39, 0.29) is 12.1 Å². The quantitative estimate of drug-likeness (QED) is 0.328. The average molecular weight is 450 g/mol. The van der Waals surface area contributed by atoms with Gasteiger partial charge in [0.15, 0.2) is 5.96 Å². The first-order chi connectivity index (χ1) is 15.4. The second-order valence-corrected chi connectivity index (χ2v) is 10.8.